The number of fused-ring (bicyclic) bond motifs is 2. The van der Waals surface area contributed by atoms with Gasteiger partial charge in [-0.15, -0.1) is 0 Å². The number of carbonyl (C=O) groups is 1. The lowest BCUT2D eigenvalue weighted by Gasteiger charge is -2.29. The number of anilines is 1. The molecule has 2 aromatic rings. The molecule has 1 saturated heterocycles. The van der Waals surface area contributed by atoms with Crippen LogP contribution in [-0.2, 0) is 10.2 Å². The van der Waals surface area contributed by atoms with Crippen LogP contribution >= 0.6 is 23.2 Å². The average Bonchev–Trinajstić information content (AvgIpc) is 3.08. The molecule has 1 spiro atoms. The normalized spacial score (nSPS) is 25.2. The second-order valence-electron chi connectivity index (χ2n) is 6.09. The van der Waals surface area contributed by atoms with Crippen LogP contribution in [0.2, 0.25) is 10.0 Å². The lowest BCUT2D eigenvalue weighted by Crippen LogP contribution is -2.41. The Bertz CT molecular complexity index is 874. The Balaban J connectivity index is 1.89. The molecule has 1 amide bonds. The second kappa shape index (κ2) is 5.41. The molecular weight excluding hydrogens is 357 g/mol. The fourth-order valence-corrected chi connectivity index (χ4v) is 4.09. The highest BCUT2D eigenvalue weighted by Crippen LogP contribution is 2.50. The lowest BCUT2D eigenvalue weighted by molar-refractivity contribution is -0.120. The fourth-order valence-electron chi connectivity index (χ4n) is 3.74. The van der Waals surface area contributed by atoms with Gasteiger partial charge in [-0.25, -0.2) is 8.78 Å². The van der Waals surface area contributed by atoms with Gasteiger partial charge in [0.1, 0.15) is 11.6 Å². The van der Waals surface area contributed by atoms with E-state index in [9.17, 15) is 13.6 Å². The maximum absolute atomic E-state index is 14.0. The molecule has 3 nitrogen and oxygen atoms in total. The van der Waals surface area contributed by atoms with E-state index in [1.165, 1.54) is 24.3 Å². The molecule has 0 aliphatic carbocycles. The van der Waals surface area contributed by atoms with Crippen LogP contribution in [0, 0.1) is 11.6 Å². The Hall–Kier alpha value is -1.69. The number of halogens is 4. The molecule has 2 aromatic carbocycles. The largest absolute Gasteiger partial charge is 0.325 e. The van der Waals surface area contributed by atoms with Crippen molar-refractivity contribution in [2.24, 2.45) is 0 Å². The minimum atomic E-state index is -0.970. The SMILES string of the molecule is O=C1Nc2cc(Cl)c(F)cc2[C@@]12CNC[C@@H]2c1ccc(F)c(Cl)c1. The van der Waals surface area contributed by atoms with Crippen molar-refractivity contribution in [1.82, 2.24) is 5.32 Å². The van der Waals surface area contributed by atoms with Crippen molar-refractivity contribution in [3.05, 3.63) is 63.1 Å². The molecule has 7 heteroatoms. The van der Waals surface area contributed by atoms with Gasteiger partial charge in [0.2, 0.25) is 5.91 Å². The van der Waals surface area contributed by atoms with Crippen molar-refractivity contribution >= 4 is 34.8 Å². The Morgan fingerprint density at radius 2 is 1.83 bits per heavy atom. The summed E-state index contributed by atoms with van der Waals surface area (Å²) >= 11 is 11.7. The molecule has 0 unspecified atom stereocenters. The van der Waals surface area contributed by atoms with Crippen LogP contribution in [0.3, 0.4) is 0 Å². The molecular formula is C17H12Cl2F2N2O. The molecule has 1 fully saturated rings. The number of rotatable bonds is 1. The van der Waals surface area contributed by atoms with Gasteiger partial charge in [-0.3, -0.25) is 4.79 Å². The van der Waals surface area contributed by atoms with Crippen molar-refractivity contribution < 1.29 is 13.6 Å². The van der Waals surface area contributed by atoms with E-state index in [0.717, 1.165) is 5.56 Å². The highest BCUT2D eigenvalue weighted by molar-refractivity contribution is 6.31. The zero-order chi connectivity index (χ0) is 17.1. The van der Waals surface area contributed by atoms with Crippen molar-refractivity contribution in [1.29, 1.82) is 0 Å². The van der Waals surface area contributed by atoms with Gasteiger partial charge in [0.05, 0.1) is 15.5 Å². The van der Waals surface area contributed by atoms with Crippen LogP contribution in [0.15, 0.2) is 30.3 Å². The van der Waals surface area contributed by atoms with Gasteiger partial charge in [-0.2, -0.15) is 0 Å². The molecule has 4 rings (SSSR count). The van der Waals surface area contributed by atoms with Crippen LogP contribution in [0.4, 0.5) is 14.5 Å². The second-order valence-corrected chi connectivity index (χ2v) is 6.91. The summed E-state index contributed by atoms with van der Waals surface area (Å²) in [4.78, 5) is 12.8. The van der Waals surface area contributed by atoms with E-state index >= 15 is 0 Å². The monoisotopic (exact) mass is 368 g/mol. The fraction of sp³-hybridized carbons (Fsp3) is 0.235. The number of carbonyl (C=O) groups excluding carboxylic acids is 1. The van der Waals surface area contributed by atoms with Crippen molar-refractivity contribution in [3.63, 3.8) is 0 Å². The number of hydrogen-bond acceptors (Lipinski definition) is 2. The smallest absolute Gasteiger partial charge is 0.237 e. The van der Waals surface area contributed by atoms with E-state index in [1.54, 1.807) is 6.07 Å². The molecule has 0 saturated carbocycles. The van der Waals surface area contributed by atoms with E-state index in [0.29, 0.717) is 24.3 Å². The Morgan fingerprint density at radius 3 is 2.58 bits per heavy atom. The van der Waals surface area contributed by atoms with Gasteiger partial charge in [0.25, 0.3) is 0 Å². The first-order valence-corrected chi connectivity index (χ1v) is 8.15. The number of hydrogen-bond donors (Lipinski definition) is 2. The van der Waals surface area contributed by atoms with Gasteiger partial charge < -0.3 is 10.6 Å². The molecule has 24 heavy (non-hydrogen) atoms. The molecule has 2 aliphatic rings. The topological polar surface area (TPSA) is 41.1 Å². The van der Waals surface area contributed by atoms with Gasteiger partial charge in [-0.05, 0) is 35.4 Å². The third-order valence-corrected chi connectivity index (χ3v) is 5.47. The molecule has 2 N–H and O–H groups in total. The first-order chi connectivity index (χ1) is 11.4. The molecule has 2 aliphatic heterocycles. The Labute approximate surface area is 147 Å². The van der Waals surface area contributed by atoms with E-state index in [4.69, 9.17) is 23.2 Å². The summed E-state index contributed by atoms with van der Waals surface area (Å²) in [5.74, 6) is -1.62. The summed E-state index contributed by atoms with van der Waals surface area (Å²) in [5, 5.41) is 5.93. The average molecular weight is 369 g/mol. The number of benzene rings is 2. The quantitative estimate of drug-likeness (QED) is 0.802. The molecule has 2 atom stereocenters. The molecule has 0 radical (unpaired) electrons. The van der Waals surface area contributed by atoms with Crippen LogP contribution in [0.25, 0.3) is 0 Å². The van der Waals surface area contributed by atoms with E-state index < -0.39 is 17.0 Å². The maximum Gasteiger partial charge on any atom is 0.237 e. The minimum absolute atomic E-state index is 0.00420. The summed E-state index contributed by atoms with van der Waals surface area (Å²) in [5.41, 5.74) is 0.824. The zero-order valence-electron chi connectivity index (χ0n) is 12.3. The third kappa shape index (κ3) is 2.08. The summed E-state index contributed by atoms with van der Waals surface area (Å²) in [6, 6.07) is 7.14. The van der Waals surface area contributed by atoms with Gasteiger partial charge in [0.15, 0.2) is 0 Å². The predicted octanol–water partition coefficient (Wildman–Crippen LogP) is 3.85. The zero-order valence-corrected chi connectivity index (χ0v) is 13.8. The molecule has 2 heterocycles. The van der Waals surface area contributed by atoms with Gasteiger partial charge in [0, 0.05) is 24.7 Å². The van der Waals surface area contributed by atoms with Crippen molar-refractivity contribution in [2.75, 3.05) is 18.4 Å². The summed E-state index contributed by atoms with van der Waals surface area (Å²) in [6.45, 7) is 0.853. The summed E-state index contributed by atoms with van der Waals surface area (Å²) in [6.07, 6.45) is 0. The van der Waals surface area contributed by atoms with E-state index in [2.05, 4.69) is 10.6 Å². The molecule has 0 aromatic heterocycles. The lowest BCUT2D eigenvalue weighted by atomic mass is 9.70. The third-order valence-electron chi connectivity index (χ3n) is 4.89. The highest BCUT2D eigenvalue weighted by atomic mass is 35.5. The molecule has 0 bridgehead atoms. The van der Waals surface area contributed by atoms with E-state index in [1.807, 2.05) is 0 Å². The molecule has 124 valence electrons. The van der Waals surface area contributed by atoms with Crippen molar-refractivity contribution in [3.8, 4) is 0 Å². The standard InChI is InChI=1S/C17H12Cl2F2N2O/c18-11-3-8(1-2-13(11)20)10-6-22-7-17(10)9-4-14(21)12(19)5-15(9)23-16(17)24/h1-5,10,22H,6-7H2,(H,23,24)/t10-,17-/m1/s1. The maximum atomic E-state index is 14.0. The van der Waals surface area contributed by atoms with Crippen molar-refractivity contribution in [2.45, 2.75) is 11.3 Å². The first-order valence-electron chi connectivity index (χ1n) is 7.40. The predicted molar refractivity (Wildman–Crippen MR) is 88.7 cm³/mol. The van der Waals surface area contributed by atoms with Crippen LogP contribution in [0.1, 0.15) is 17.0 Å². The van der Waals surface area contributed by atoms with Crippen LogP contribution < -0.4 is 10.6 Å². The first kappa shape index (κ1) is 15.8. The highest BCUT2D eigenvalue weighted by Gasteiger charge is 2.55. The van der Waals surface area contributed by atoms with Gasteiger partial charge in [-0.1, -0.05) is 29.3 Å². The van der Waals surface area contributed by atoms with Gasteiger partial charge >= 0.3 is 0 Å². The Morgan fingerprint density at radius 1 is 1.08 bits per heavy atom. The Kier molecular flexibility index (Phi) is 3.56. The van der Waals surface area contributed by atoms with Crippen LogP contribution in [0.5, 0.6) is 0 Å². The van der Waals surface area contributed by atoms with E-state index in [-0.39, 0.29) is 21.9 Å². The number of nitrogens with one attached hydrogen (secondary N) is 2. The van der Waals surface area contributed by atoms with Crippen LogP contribution in [-0.4, -0.2) is 19.0 Å². The minimum Gasteiger partial charge on any atom is -0.325 e. The number of amides is 1. The summed E-state index contributed by atoms with van der Waals surface area (Å²) in [7, 11) is 0. The summed E-state index contributed by atoms with van der Waals surface area (Å²) < 4.78 is 27.5.